The van der Waals surface area contributed by atoms with Crippen LogP contribution < -0.4 is 0 Å². The Morgan fingerprint density at radius 1 is 0.976 bits per heavy atom. The maximum absolute atomic E-state index is 14.0. The third-order valence-corrected chi connectivity index (χ3v) is 8.79. The van der Waals surface area contributed by atoms with Crippen LogP contribution in [0.2, 0.25) is 0 Å². The summed E-state index contributed by atoms with van der Waals surface area (Å²) < 4.78 is 11.5. The number of benzene rings is 2. The summed E-state index contributed by atoms with van der Waals surface area (Å²) in [6.07, 6.45) is 5.14. The number of carbonyl (C=O) groups is 3. The number of ether oxygens (including phenoxy) is 2. The van der Waals surface area contributed by atoms with Crippen LogP contribution in [0, 0.1) is 5.92 Å². The first-order chi connectivity index (χ1) is 19.5. The molecule has 1 saturated carbocycles. The average Bonchev–Trinajstić information content (AvgIpc) is 3.22. The van der Waals surface area contributed by atoms with Crippen molar-refractivity contribution in [2.75, 3.05) is 19.7 Å². The van der Waals surface area contributed by atoms with Crippen LogP contribution in [0.3, 0.4) is 0 Å². The van der Waals surface area contributed by atoms with Crippen molar-refractivity contribution < 1.29 is 29.0 Å². The number of nitrogens with zero attached hydrogens (tertiary/aromatic N) is 2. The van der Waals surface area contributed by atoms with Gasteiger partial charge in [0.1, 0.15) is 12.2 Å². The van der Waals surface area contributed by atoms with Gasteiger partial charge in [-0.05, 0) is 62.3 Å². The second kappa shape index (κ2) is 11.4. The smallest absolute Gasteiger partial charge is 0.411 e. The molecule has 8 heteroatoms. The van der Waals surface area contributed by atoms with Crippen molar-refractivity contribution in [2.45, 2.75) is 89.3 Å². The van der Waals surface area contributed by atoms with E-state index >= 15 is 0 Å². The van der Waals surface area contributed by atoms with Gasteiger partial charge in [0.05, 0.1) is 13.1 Å². The molecular weight excluding hydrogens is 520 g/mol. The summed E-state index contributed by atoms with van der Waals surface area (Å²) in [5.74, 6) is -0.848. The van der Waals surface area contributed by atoms with E-state index in [0.29, 0.717) is 12.3 Å². The molecule has 1 N–H and O–H groups in total. The Hall–Kier alpha value is -3.55. The summed E-state index contributed by atoms with van der Waals surface area (Å²) in [6.45, 7) is 7.04. The molecule has 2 fully saturated rings. The number of carboxylic acid groups (broad SMARTS) is 1. The first-order valence-electron chi connectivity index (χ1n) is 14.9. The molecule has 8 nitrogen and oxygen atoms in total. The van der Waals surface area contributed by atoms with Crippen LogP contribution in [0.4, 0.5) is 9.59 Å². The number of aliphatic carboxylic acids is 1. The molecule has 3 aliphatic rings. The van der Waals surface area contributed by atoms with E-state index in [1.165, 1.54) is 16.2 Å². The van der Waals surface area contributed by atoms with Gasteiger partial charge in [-0.15, -0.1) is 0 Å². The van der Waals surface area contributed by atoms with Crippen molar-refractivity contribution in [3.8, 4) is 11.1 Å². The van der Waals surface area contributed by atoms with Gasteiger partial charge in [-0.3, -0.25) is 4.90 Å². The molecule has 5 rings (SSSR count). The number of rotatable bonds is 7. The van der Waals surface area contributed by atoms with E-state index in [-0.39, 0.29) is 31.7 Å². The van der Waals surface area contributed by atoms with Crippen molar-refractivity contribution in [3.05, 3.63) is 59.7 Å². The van der Waals surface area contributed by atoms with Gasteiger partial charge >= 0.3 is 18.2 Å². The van der Waals surface area contributed by atoms with Gasteiger partial charge in [0.25, 0.3) is 0 Å². The lowest BCUT2D eigenvalue weighted by Crippen LogP contribution is -2.77. The van der Waals surface area contributed by atoms with E-state index in [0.717, 1.165) is 47.9 Å². The fourth-order valence-corrected chi connectivity index (χ4v) is 6.88. The van der Waals surface area contributed by atoms with Crippen molar-refractivity contribution in [1.29, 1.82) is 0 Å². The largest absolute Gasteiger partial charge is 0.479 e. The van der Waals surface area contributed by atoms with Gasteiger partial charge in [-0.2, -0.15) is 0 Å². The fourth-order valence-electron chi connectivity index (χ4n) is 6.88. The van der Waals surface area contributed by atoms with Gasteiger partial charge in [-0.25, -0.2) is 14.4 Å². The predicted octanol–water partition coefficient (Wildman–Crippen LogP) is 6.67. The van der Waals surface area contributed by atoms with Crippen molar-refractivity contribution in [2.24, 2.45) is 5.92 Å². The highest BCUT2D eigenvalue weighted by Crippen LogP contribution is 2.45. The van der Waals surface area contributed by atoms with Crippen LogP contribution >= 0.6 is 0 Å². The molecule has 0 radical (unpaired) electrons. The highest BCUT2D eigenvalue weighted by Gasteiger charge is 2.60. The third kappa shape index (κ3) is 5.79. The quantitative estimate of drug-likeness (QED) is 0.405. The number of carboxylic acids is 1. The summed E-state index contributed by atoms with van der Waals surface area (Å²) in [5.41, 5.74) is 2.15. The lowest BCUT2D eigenvalue weighted by Gasteiger charge is -2.53. The molecule has 0 aromatic heterocycles. The second-order valence-electron chi connectivity index (χ2n) is 12.9. The van der Waals surface area contributed by atoms with Gasteiger partial charge < -0.3 is 19.5 Å². The third-order valence-electron chi connectivity index (χ3n) is 8.79. The lowest BCUT2D eigenvalue weighted by atomic mass is 9.82. The molecule has 2 aliphatic carbocycles. The minimum atomic E-state index is -1.58. The molecule has 41 heavy (non-hydrogen) atoms. The number of fused-ring (bicyclic) bond motifs is 3. The van der Waals surface area contributed by atoms with E-state index in [1.807, 2.05) is 31.2 Å². The minimum absolute atomic E-state index is 0.102. The summed E-state index contributed by atoms with van der Waals surface area (Å²) >= 11 is 0. The highest BCUT2D eigenvalue weighted by atomic mass is 16.6. The normalized spacial score (nSPS) is 19.0. The summed E-state index contributed by atoms with van der Waals surface area (Å²) in [4.78, 5) is 42.3. The minimum Gasteiger partial charge on any atom is -0.479 e. The van der Waals surface area contributed by atoms with Gasteiger partial charge in [0.15, 0.2) is 5.54 Å². The molecule has 1 saturated heterocycles. The Balaban J connectivity index is 1.38. The van der Waals surface area contributed by atoms with Gasteiger partial charge in [-0.1, -0.05) is 80.6 Å². The fraction of sp³-hybridized carbons (Fsp3) is 0.545. The molecule has 220 valence electrons. The van der Waals surface area contributed by atoms with E-state index in [4.69, 9.17) is 9.47 Å². The Bertz CT molecular complexity index is 1240. The molecule has 2 amide bonds. The Labute approximate surface area is 242 Å². The van der Waals surface area contributed by atoms with E-state index in [1.54, 1.807) is 20.8 Å². The SMILES string of the molecule is C[C@H](CC1CCCCC1)N(C(=O)OCC1c2ccccc2-c2ccccc21)C1(C(=O)O)CN(C(=O)OC(C)(C)C)C1. The summed E-state index contributed by atoms with van der Waals surface area (Å²) in [6, 6.07) is 15.9. The van der Waals surface area contributed by atoms with E-state index < -0.39 is 29.3 Å². The highest BCUT2D eigenvalue weighted by molar-refractivity contribution is 5.89. The molecule has 0 unspecified atom stereocenters. The zero-order valence-corrected chi connectivity index (χ0v) is 24.6. The number of hydrogen-bond acceptors (Lipinski definition) is 5. The summed E-state index contributed by atoms with van der Waals surface area (Å²) in [5, 5.41) is 10.5. The van der Waals surface area contributed by atoms with Crippen LogP contribution in [0.5, 0.6) is 0 Å². The predicted molar refractivity (Wildman–Crippen MR) is 156 cm³/mol. The zero-order chi connectivity index (χ0) is 29.4. The van der Waals surface area contributed by atoms with Gasteiger partial charge in [0.2, 0.25) is 0 Å². The monoisotopic (exact) mass is 562 g/mol. The maximum Gasteiger partial charge on any atom is 0.411 e. The van der Waals surface area contributed by atoms with E-state index in [2.05, 4.69) is 24.3 Å². The average molecular weight is 563 g/mol. The number of likely N-dealkylation sites (tertiary alicyclic amines) is 1. The lowest BCUT2D eigenvalue weighted by molar-refractivity contribution is -0.165. The molecule has 0 spiro atoms. The topological polar surface area (TPSA) is 96.4 Å². The first-order valence-corrected chi connectivity index (χ1v) is 14.9. The Kier molecular flexibility index (Phi) is 8.04. The molecular formula is C33H42N2O6. The van der Waals surface area contributed by atoms with Crippen molar-refractivity contribution >= 4 is 18.2 Å². The Morgan fingerprint density at radius 2 is 1.54 bits per heavy atom. The number of carbonyl (C=O) groups excluding carboxylic acids is 2. The number of hydrogen-bond donors (Lipinski definition) is 1. The molecule has 1 aliphatic heterocycles. The van der Waals surface area contributed by atoms with Crippen LogP contribution in [-0.2, 0) is 14.3 Å². The molecule has 1 atom stereocenters. The number of amides is 2. The Morgan fingerprint density at radius 3 is 2.07 bits per heavy atom. The van der Waals surface area contributed by atoms with Crippen LogP contribution in [0.1, 0.15) is 83.3 Å². The molecule has 0 bridgehead atoms. The summed E-state index contributed by atoms with van der Waals surface area (Å²) in [7, 11) is 0. The van der Waals surface area contributed by atoms with Crippen LogP contribution in [0.15, 0.2) is 48.5 Å². The molecule has 2 aromatic rings. The van der Waals surface area contributed by atoms with Gasteiger partial charge in [0, 0.05) is 12.0 Å². The molecule has 2 aromatic carbocycles. The second-order valence-corrected chi connectivity index (χ2v) is 12.9. The molecule has 1 heterocycles. The van der Waals surface area contributed by atoms with Crippen LogP contribution in [0.25, 0.3) is 11.1 Å². The van der Waals surface area contributed by atoms with E-state index in [9.17, 15) is 19.5 Å². The maximum atomic E-state index is 14.0. The standard InChI is InChI=1S/C33H42N2O6/c1-22(18-23-12-6-5-7-13-23)35(33(29(36)37)20-34(21-33)30(38)41-32(2,3)4)31(39)40-19-28-26-16-10-8-14-24(26)25-15-9-11-17-27(25)28/h8-11,14-17,22-23,28H,5-7,12-13,18-21H2,1-4H3,(H,36,37)/t22-/m1/s1. The zero-order valence-electron chi connectivity index (χ0n) is 24.6. The van der Waals surface area contributed by atoms with Crippen molar-refractivity contribution in [1.82, 2.24) is 9.80 Å². The van der Waals surface area contributed by atoms with Crippen molar-refractivity contribution in [3.63, 3.8) is 0 Å². The van der Waals surface area contributed by atoms with Crippen LogP contribution in [-0.4, -0.2) is 69.9 Å². The first kappa shape index (κ1) is 29.0.